The molecule has 25 heavy (non-hydrogen) atoms. The van der Waals surface area contributed by atoms with E-state index in [2.05, 4.69) is 5.32 Å². The molecule has 1 saturated heterocycles. The highest BCUT2D eigenvalue weighted by Crippen LogP contribution is 2.45. The Morgan fingerprint density at radius 1 is 1.12 bits per heavy atom. The Morgan fingerprint density at radius 3 is 2.56 bits per heavy atom. The Balaban J connectivity index is 1.40. The zero-order valence-corrected chi connectivity index (χ0v) is 16.1. The van der Waals surface area contributed by atoms with E-state index in [0.717, 1.165) is 6.42 Å². The number of thiophene rings is 1. The summed E-state index contributed by atoms with van der Waals surface area (Å²) in [5.74, 6) is 1.59. The van der Waals surface area contributed by atoms with E-state index in [1.54, 1.807) is 23.5 Å². The molecular weight excluding hydrogens is 374 g/mol. The standard InChI is InChI=1S/C18H19NO3S3/c20-16(19-8-7-15-2-1-9-23-15)12-22-17(21)13-3-5-14(6-4-13)18-24-10-11-25-18/h1-6,9,18H,7-8,10-12H2,(H,19,20). The third kappa shape index (κ3) is 5.52. The van der Waals surface area contributed by atoms with Crippen molar-refractivity contribution >= 4 is 46.7 Å². The summed E-state index contributed by atoms with van der Waals surface area (Å²) in [4.78, 5) is 25.0. The Labute approximate surface area is 159 Å². The first-order chi connectivity index (χ1) is 12.2. The van der Waals surface area contributed by atoms with E-state index in [1.165, 1.54) is 21.9 Å². The topological polar surface area (TPSA) is 55.4 Å². The summed E-state index contributed by atoms with van der Waals surface area (Å²) in [5.41, 5.74) is 1.69. The Bertz CT molecular complexity index is 695. The van der Waals surface area contributed by atoms with Crippen molar-refractivity contribution in [3.05, 3.63) is 57.8 Å². The van der Waals surface area contributed by atoms with E-state index >= 15 is 0 Å². The van der Waals surface area contributed by atoms with Crippen LogP contribution in [0.2, 0.25) is 0 Å². The molecule has 0 aliphatic carbocycles. The van der Waals surface area contributed by atoms with Crippen molar-refractivity contribution < 1.29 is 14.3 Å². The summed E-state index contributed by atoms with van der Waals surface area (Å²) in [5, 5.41) is 4.77. The number of esters is 1. The number of ether oxygens (including phenoxy) is 1. The highest BCUT2D eigenvalue weighted by molar-refractivity contribution is 8.19. The maximum Gasteiger partial charge on any atom is 0.338 e. The van der Waals surface area contributed by atoms with E-state index < -0.39 is 5.97 Å². The van der Waals surface area contributed by atoms with Gasteiger partial charge in [-0.2, -0.15) is 0 Å². The van der Waals surface area contributed by atoms with Crippen LogP contribution in [0.15, 0.2) is 41.8 Å². The van der Waals surface area contributed by atoms with Gasteiger partial charge in [0.25, 0.3) is 5.91 Å². The lowest BCUT2D eigenvalue weighted by atomic mass is 10.1. The van der Waals surface area contributed by atoms with E-state index in [1.807, 2.05) is 53.2 Å². The Morgan fingerprint density at radius 2 is 1.88 bits per heavy atom. The summed E-state index contributed by atoms with van der Waals surface area (Å²) >= 11 is 5.51. The van der Waals surface area contributed by atoms with Gasteiger partial charge in [-0.05, 0) is 35.6 Å². The van der Waals surface area contributed by atoms with Crippen molar-refractivity contribution in [2.75, 3.05) is 24.7 Å². The second kappa shape index (κ2) is 9.31. The molecule has 1 aliphatic heterocycles. The molecule has 0 unspecified atom stereocenters. The normalized spacial score (nSPS) is 14.4. The van der Waals surface area contributed by atoms with Crippen LogP contribution in [0, 0.1) is 0 Å². The van der Waals surface area contributed by atoms with Gasteiger partial charge in [0.1, 0.15) is 0 Å². The minimum absolute atomic E-state index is 0.251. The van der Waals surface area contributed by atoms with Crippen LogP contribution in [0.4, 0.5) is 0 Å². The van der Waals surface area contributed by atoms with Gasteiger partial charge in [0.2, 0.25) is 0 Å². The zero-order valence-electron chi connectivity index (χ0n) is 13.6. The number of amides is 1. The van der Waals surface area contributed by atoms with Crippen LogP contribution in [0.3, 0.4) is 0 Å². The van der Waals surface area contributed by atoms with Gasteiger partial charge in [-0.25, -0.2) is 4.79 Å². The van der Waals surface area contributed by atoms with Crippen molar-refractivity contribution in [2.45, 2.75) is 11.0 Å². The largest absolute Gasteiger partial charge is 0.452 e. The first-order valence-electron chi connectivity index (χ1n) is 8.02. The molecule has 4 nitrogen and oxygen atoms in total. The Kier molecular flexibility index (Phi) is 6.84. The van der Waals surface area contributed by atoms with Crippen molar-refractivity contribution in [3.8, 4) is 0 Å². The van der Waals surface area contributed by atoms with Crippen LogP contribution in [0.1, 0.15) is 25.4 Å². The zero-order chi connectivity index (χ0) is 17.5. The summed E-state index contributed by atoms with van der Waals surface area (Å²) in [6, 6.07) is 11.5. The highest BCUT2D eigenvalue weighted by Gasteiger charge is 2.18. The van der Waals surface area contributed by atoms with Crippen LogP contribution in [0.25, 0.3) is 0 Å². The van der Waals surface area contributed by atoms with Gasteiger partial charge in [0.05, 0.1) is 10.1 Å². The van der Waals surface area contributed by atoms with E-state index in [-0.39, 0.29) is 12.5 Å². The lowest BCUT2D eigenvalue weighted by molar-refractivity contribution is -0.124. The van der Waals surface area contributed by atoms with E-state index in [9.17, 15) is 9.59 Å². The SMILES string of the molecule is O=C(COC(=O)c1ccc(C2SCCS2)cc1)NCCc1cccs1. The molecule has 7 heteroatoms. The van der Waals surface area contributed by atoms with Crippen LogP contribution >= 0.6 is 34.9 Å². The number of rotatable bonds is 7. The lowest BCUT2D eigenvalue weighted by Crippen LogP contribution is -2.30. The lowest BCUT2D eigenvalue weighted by Gasteiger charge is -2.09. The van der Waals surface area contributed by atoms with Gasteiger partial charge in [-0.1, -0.05) is 18.2 Å². The minimum Gasteiger partial charge on any atom is -0.452 e. The fourth-order valence-corrected chi connectivity index (χ4v) is 5.94. The van der Waals surface area contributed by atoms with Gasteiger partial charge < -0.3 is 10.1 Å². The van der Waals surface area contributed by atoms with Crippen LogP contribution in [-0.4, -0.2) is 36.5 Å². The molecule has 2 heterocycles. The molecule has 1 fully saturated rings. The number of nitrogens with one attached hydrogen (secondary N) is 1. The number of carbonyl (C=O) groups is 2. The summed E-state index contributed by atoms with van der Waals surface area (Å²) in [6.45, 7) is 0.293. The summed E-state index contributed by atoms with van der Waals surface area (Å²) < 4.78 is 5.54. The van der Waals surface area contributed by atoms with Crippen molar-refractivity contribution in [2.24, 2.45) is 0 Å². The predicted octanol–water partition coefficient (Wildman–Crippen LogP) is 3.74. The number of carbonyl (C=O) groups excluding carboxylic acids is 2. The number of benzene rings is 1. The molecule has 0 bridgehead atoms. The molecule has 1 amide bonds. The first-order valence-corrected chi connectivity index (χ1v) is 11.0. The third-order valence-corrected chi connectivity index (χ3v) is 7.69. The molecule has 0 spiro atoms. The van der Waals surface area contributed by atoms with Gasteiger partial charge in [0, 0.05) is 22.9 Å². The molecule has 0 atom stereocenters. The van der Waals surface area contributed by atoms with Gasteiger partial charge in [0.15, 0.2) is 6.61 Å². The molecule has 0 saturated carbocycles. The van der Waals surface area contributed by atoms with E-state index in [4.69, 9.17) is 4.74 Å². The molecule has 1 aromatic carbocycles. The van der Waals surface area contributed by atoms with Crippen LogP contribution < -0.4 is 5.32 Å². The first kappa shape index (κ1) is 18.4. The van der Waals surface area contributed by atoms with Gasteiger partial charge >= 0.3 is 5.97 Å². The average molecular weight is 394 g/mol. The second-order valence-electron chi connectivity index (χ2n) is 5.45. The quantitative estimate of drug-likeness (QED) is 0.726. The monoisotopic (exact) mass is 393 g/mol. The molecule has 0 radical (unpaired) electrons. The van der Waals surface area contributed by atoms with Crippen molar-refractivity contribution in [1.29, 1.82) is 0 Å². The van der Waals surface area contributed by atoms with Crippen LogP contribution in [0.5, 0.6) is 0 Å². The van der Waals surface area contributed by atoms with Crippen molar-refractivity contribution in [1.82, 2.24) is 5.32 Å². The molecule has 1 N–H and O–H groups in total. The number of thioether (sulfide) groups is 2. The molecule has 1 aromatic heterocycles. The van der Waals surface area contributed by atoms with Crippen LogP contribution in [-0.2, 0) is 16.0 Å². The molecular formula is C18H19NO3S3. The number of hydrogen-bond acceptors (Lipinski definition) is 6. The molecule has 1 aliphatic rings. The summed E-state index contributed by atoms with van der Waals surface area (Å²) in [6.07, 6.45) is 0.788. The number of hydrogen-bond donors (Lipinski definition) is 1. The van der Waals surface area contributed by atoms with E-state index in [0.29, 0.717) is 16.7 Å². The smallest absolute Gasteiger partial charge is 0.338 e. The molecule has 132 valence electrons. The molecule has 2 aromatic rings. The average Bonchev–Trinajstić information content (AvgIpc) is 3.33. The fourth-order valence-electron chi connectivity index (χ4n) is 2.37. The third-order valence-electron chi connectivity index (χ3n) is 3.65. The van der Waals surface area contributed by atoms with Gasteiger partial charge in [-0.15, -0.1) is 34.9 Å². The fraction of sp³-hybridized carbons (Fsp3) is 0.333. The molecule has 3 rings (SSSR count). The maximum absolute atomic E-state index is 12.0. The summed E-state index contributed by atoms with van der Waals surface area (Å²) in [7, 11) is 0. The van der Waals surface area contributed by atoms with Gasteiger partial charge in [-0.3, -0.25) is 4.79 Å². The minimum atomic E-state index is -0.466. The highest BCUT2D eigenvalue weighted by atomic mass is 32.2. The second-order valence-corrected chi connectivity index (χ2v) is 9.21. The maximum atomic E-state index is 12.0. The van der Waals surface area contributed by atoms with Crippen molar-refractivity contribution in [3.63, 3.8) is 0 Å². The Hall–Kier alpha value is -1.44. The predicted molar refractivity (Wildman–Crippen MR) is 105 cm³/mol.